The van der Waals surface area contributed by atoms with Crippen molar-refractivity contribution in [3.63, 3.8) is 0 Å². The fourth-order valence-corrected chi connectivity index (χ4v) is 3.07. The molecule has 0 fully saturated rings. The van der Waals surface area contributed by atoms with Crippen molar-refractivity contribution in [1.29, 1.82) is 0 Å². The quantitative estimate of drug-likeness (QED) is 0.672. The minimum Gasteiger partial charge on any atom is -0.488 e. The number of H-pyrrole nitrogens is 1. The van der Waals surface area contributed by atoms with E-state index in [1.807, 2.05) is 4.57 Å². The largest absolute Gasteiger partial charge is 0.488 e. The van der Waals surface area contributed by atoms with Crippen molar-refractivity contribution in [2.75, 3.05) is 13.2 Å². The fraction of sp³-hybridized carbons (Fsp3) is 0.357. The first-order valence-corrected chi connectivity index (χ1v) is 7.21. The lowest BCUT2D eigenvalue weighted by Gasteiger charge is -2.28. The molecular formula is C14H14F3N3OS. The molecule has 4 nitrogen and oxygen atoms in total. The minimum atomic E-state index is -1.51. The lowest BCUT2D eigenvalue weighted by Crippen LogP contribution is -2.27. The molecule has 0 bridgehead atoms. The molecule has 0 aliphatic carbocycles. The monoisotopic (exact) mass is 329 g/mol. The third-order valence-corrected chi connectivity index (χ3v) is 4.04. The van der Waals surface area contributed by atoms with Gasteiger partial charge in [-0.3, -0.25) is 0 Å². The van der Waals surface area contributed by atoms with Crippen molar-refractivity contribution in [1.82, 2.24) is 9.55 Å². The highest BCUT2D eigenvalue weighted by Gasteiger charge is 2.29. The van der Waals surface area contributed by atoms with Gasteiger partial charge >= 0.3 is 0 Å². The van der Waals surface area contributed by atoms with Gasteiger partial charge in [-0.2, -0.15) is 4.39 Å². The molecule has 1 aliphatic heterocycles. The van der Waals surface area contributed by atoms with Gasteiger partial charge in [-0.05, 0) is 24.8 Å². The molecule has 1 atom stereocenters. The van der Waals surface area contributed by atoms with Gasteiger partial charge in [0.05, 0.1) is 6.04 Å². The van der Waals surface area contributed by atoms with E-state index >= 15 is 0 Å². The van der Waals surface area contributed by atoms with E-state index in [4.69, 9.17) is 22.7 Å². The third kappa shape index (κ3) is 2.42. The van der Waals surface area contributed by atoms with Crippen LogP contribution in [0.25, 0.3) is 0 Å². The molecule has 1 aromatic heterocycles. The van der Waals surface area contributed by atoms with Crippen molar-refractivity contribution in [3.05, 3.63) is 45.7 Å². The van der Waals surface area contributed by atoms with Crippen LogP contribution in [0.5, 0.6) is 5.75 Å². The third-order valence-electron chi connectivity index (χ3n) is 3.73. The second kappa shape index (κ2) is 5.77. The summed E-state index contributed by atoms with van der Waals surface area (Å²) < 4.78 is 48.0. The lowest BCUT2D eigenvalue weighted by atomic mass is 10.0. The molecule has 0 saturated heterocycles. The van der Waals surface area contributed by atoms with Crippen LogP contribution < -0.4 is 10.5 Å². The number of aromatic amines is 1. The van der Waals surface area contributed by atoms with E-state index in [2.05, 4.69) is 4.98 Å². The molecule has 3 rings (SSSR count). The minimum absolute atomic E-state index is 0.124. The summed E-state index contributed by atoms with van der Waals surface area (Å²) in [5.74, 6) is -4.24. The number of imidazole rings is 1. The van der Waals surface area contributed by atoms with Gasteiger partial charge in [-0.25, -0.2) is 8.78 Å². The van der Waals surface area contributed by atoms with Crippen molar-refractivity contribution in [2.24, 2.45) is 5.73 Å². The average molecular weight is 329 g/mol. The predicted octanol–water partition coefficient (Wildman–Crippen LogP) is 2.64. The van der Waals surface area contributed by atoms with Crippen LogP contribution in [0.3, 0.4) is 0 Å². The maximum Gasteiger partial charge on any atom is 0.203 e. The first-order valence-electron chi connectivity index (χ1n) is 6.81. The molecule has 2 heterocycles. The molecule has 2 aromatic rings. The Kier molecular flexibility index (Phi) is 3.96. The topological polar surface area (TPSA) is 56.0 Å². The zero-order valence-corrected chi connectivity index (χ0v) is 12.4. The molecule has 1 aliphatic rings. The summed E-state index contributed by atoms with van der Waals surface area (Å²) in [6, 6.07) is 0.746. The van der Waals surface area contributed by atoms with Crippen molar-refractivity contribution < 1.29 is 17.9 Å². The van der Waals surface area contributed by atoms with Crippen LogP contribution in [0.2, 0.25) is 0 Å². The number of fused-ring (bicyclic) bond motifs is 1. The molecule has 0 spiro atoms. The van der Waals surface area contributed by atoms with E-state index in [0.29, 0.717) is 24.2 Å². The summed E-state index contributed by atoms with van der Waals surface area (Å²) in [7, 11) is 0. The lowest BCUT2D eigenvalue weighted by molar-refractivity contribution is 0.206. The molecule has 22 heavy (non-hydrogen) atoms. The highest BCUT2D eigenvalue weighted by molar-refractivity contribution is 7.71. The van der Waals surface area contributed by atoms with Crippen molar-refractivity contribution in [2.45, 2.75) is 18.9 Å². The maximum absolute atomic E-state index is 13.7. The Morgan fingerprint density at radius 1 is 1.36 bits per heavy atom. The van der Waals surface area contributed by atoms with Crippen molar-refractivity contribution in [3.8, 4) is 5.75 Å². The first kappa shape index (κ1) is 15.1. The highest BCUT2D eigenvalue weighted by atomic mass is 32.1. The van der Waals surface area contributed by atoms with Crippen LogP contribution in [-0.4, -0.2) is 22.7 Å². The molecule has 118 valence electrons. The molecular weight excluding hydrogens is 315 g/mol. The van der Waals surface area contributed by atoms with E-state index in [9.17, 15) is 13.2 Å². The van der Waals surface area contributed by atoms with Crippen LogP contribution in [-0.2, 0) is 12.8 Å². The fourth-order valence-electron chi connectivity index (χ4n) is 2.75. The molecule has 0 unspecified atom stereocenters. The second-order valence-corrected chi connectivity index (χ2v) is 5.52. The number of aromatic nitrogens is 2. The zero-order chi connectivity index (χ0) is 15.9. The number of nitrogens with one attached hydrogen (secondary N) is 1. The van der Waals surface area contributed by atoms with Gasteiger partial charge in [0.25, 0.3) is 0 Å². The van der Waals surface area contributed by atoms with Gasteiger partial charge in [-0.1, -0.05) is 0 Å². The average Bonchev–Trinajstić information content (AvgIpc) is 2.86. The molecule has 1 aromatic carbocycles. The summed E-state index contributed by atoms with van der Waals surface area (Å²) in [6.45, 7) is 0.573. The van der Waals surface area contributed by atoms with Crippen LogP contribution in [0.15, 0.2) is 12.3 Å². The zero-order valence-electron chi connectivity index (χ0n) is 11.5. The van der Waals surface area contributed by atoms with E-state index in [0.717, 1.165) is 11.8 Å². The number of nitrogens with zero attached hydrogens (tertiary/aromatic N) is 1. The summed E-state index contributed by atoms with van der Waals surface area (Å²) in [6.07, 6.45) is 2.67. The van der Waals surface area contributed by atoms with E-state index in [1.54, 1.807) is 6.20 Å². The maximum atomic E-state index is 13.7. The Bertz CT molecular complexity index is 771. The molecule has 3 N–H and O–H groups in total. The Labute approximate surface area is 129 Å². The number of hydrogen-bond donors (Lipinski definition) is 2. The normalized spacial score (nSPS) is 17.2. The van der Waals surface area contributed by atoms with E-state index in [1.165, 1.54) is 0 Å². The summed E-state index contributed by atoms with van der Waals surface area (Å²) in [5, 5.41) is 0. The van der Waals surface area contributed by atoms with E-state index < -0.39 is 17.5 Å². The first-order chi connectivity index (χ1) is 10.5. The SMILES string of the molecule is NCCc1c[nH]c(=S)n1[C@H]1COc2c(cc(F)c(F)c2F)C1. The standard InChI is InChI=1S/C14H14F3N3OS/c15-10-4-7-3-9(6-21-13(7)12(17)11(10)16)20-8(1-2-18)5-19-14(20)22/h4-5,9H,1-3,6,18H2,(H,19,22)/t9-/m1/s1. The molecule has 0 radical (unpaired) electrons. The summed E-state index contributed by atoms with van der Waals surface area (Å²) in [5.41, 5.74) is 6.75. The van der Waals surface area contributed by atoms with E-state index in [-0.39, 0.29) is 24.0 Å². The Morgan fingerprint density at radius 2 is 2.14 bits per heavy atom. The van der Waals surface area contributed by atoms with Gasteiger partial charge in [0.2, 0.25) is 5.82 Å². The summed E-state index contributed by atoms with van der Waals surface area (Å²) >= 11 is 5.24. The number of halogens is 3. The van der Waals surface area contributed by atoms with Crippen LogP contribution in [0.4, 0.5) is 13.2 Å². The van der Waals surface area contributed by atoms with Gasteiger partial charge in [-0.15, -0.1) is 0 Å². The number of nitrogens with two attached hydrogens (primary N) is 1. The molecule has 8 heteroatoms. The summed E-state index contributed by atoms with van der Waals surface area (Å²) in [4.78, 5) is 2.93. The molecule has 0 saturated carbocycles. The smallest absolute Gasteiger partial charge is 0.203 e. The number of benzene rings is 1. The van der Waals surface area contributed by atoms with Gasteiger partial charge in [0.15, 0.2) is 22.2 Å². The van der Waals surface area contributed by atoms with Crippen molar-refractivity contribution >= 4 is 12.2 Å². The van der Waals surface area contributed by atoms with Gasteiger partial charge < -0.3 is 20.0 Å². The predicted molar refractivity (Wildman–Crippen MR) is 76.9 cm³/mol. The van der Waals surface area contributed by atoms with Gasteiger partial charge in [0, 0.05) is 30.3 Å². The molecule has 0 amide bonds. The van der Waals surface area contributed by atoms with Gasteiger partial charge in [0.1, 0.15) is 6.61 Å². The van der Waals surface area contributed by atoms with Crippen LogP contribution >= 0.6 is 12.2 Å². The number of rotatable bonds is 3. The number of ether oxygens (including phenoxy) is 1. The highest BCUT2D eigenvalue weighted by Crippen LogP contribution is 2.35. The Balaban J connectivity index is 1.99. The second-order valence-electron chi connectivity index (χ2n) is 5.14. The number of hydrogen-bond acceptors (Lipinski definition) is 3. The Morgan fingerprint density at radius 3 is 2.86 bits per heavy atom. The van der Waals surface area contributed by atoms with Crippen LogP contribution in [0.1, 0.15) is 17.3 Å². The Hall–Kier alpha value is -1.80. The van der Waals surface area contributed by atoms with Crippen LogP contribution in [0, 0.1) is 22.2 Å².